The van der Waals surface area contributed by atoms with E-state index in [4.69, 9.17) is 0 Å². The van der Waals surface area contributed by atoms with E-state index in [-0.39, 0.29) is 29.3 Å². The first kappa shape index (κ1) is 20.2. The lowest BCUT2D eigenvalue weighted by molar-refractivity contribution is -0.137. The summed E-state index contributed by atoms with van der Waals surface area (Å²) in [5, 5.41) is 0. The normalized spacial score (nSPS) is 31.5. The van der Waals surface area contributed by atoms with Crippen LogP contribution in [0.25, 0.3) is 0 Å². The van der Waals surface area contributed by atoms with Gasteiger partial charge in [0, 0.05) is 68.7 Å². The average molecular weight is 436 g/mol. The van der Waals surface area contributed by atoms with Crippen LogP contribution in [0.3, 0.4) is 0 Å². The van der Waals surface area contributed by atoms with Crippen LogP contribution in [0, 0.1) is 17.8 Å². The quantitative estimate of drug-likeness (QED) is 0.740. The number of hydrogen-bond donors (Lipinski definition) is 0. The fourth-order valence-electron chi connectivity index (χ4n) is 7.06. The fourth-order valence-corrected chi connectivity index (χ4v) is 7.06. The van der Waals surface area contributed by atoms with Gasteiger partial charge in [0.05, 0.1) is 6.54 Å². The number of carbonyl (C=O) groups excluding carboxylic acids is 1. The molecular weight excluding hydrogens is 402 g/mol. The Morgan fingerprint density at radius 1 is 1.09 bits per heavy atom. The van der Waals surface area contributed by atoms with E-state index >= 15 is 0 Å². The van der Waals surface area contributed by atoms with Crippen LogP contribution in [0.15, 0.2) is 35.4 Å². The summed E-state index contributed by atoms with van der Waals surface area (Å²) in [7, 11) is 0. The van der Waals surface area contributed by atoms with Crippen LogP contribution < -0.4 is 5.56 Å². The molecule has 1 amide bonds. The summed E-state index contributed by atoms with van der Waals surface area (Å²) in [5.41, 5.74) is 1.01. The second-order valence-corrected chi connectivity index (χ2v) is 10.3. The van der Waals surface area contributed by atoms with Crippen LogP contribution in [0.5, 0.6) is 0 Å². The Hall–Kier alpha value is -2.41. The minimum atomic E-state index is -0.373. The second-order valence-electron chi connectivity index (χ2n) is 10.3. The summed E-state index contributed by atoms with van der Waals surface area (Å²) >= 11 is 0. The number of aromatic nitrogens is 3. The van der Waals surface area contributed by atoms with Crippen LogP contribution in [0.1, 0.15) is 56.1 Å². The highest BCUT2D eigenvalue weighted by Gasteiger charge is 2.47. The number of likely N-dealkylation sites (tertiary alicyclic amines) is 2. The molecule has 5 heterocycles. The van der Waals surface area contributed by atoms with Gasteiger partial charge in [-0.2, -0.15) is 0 Å². The van der Waals surface area contributed by atoms with Gasteiger partial charge in [0.15, 0.2) is 0 Å². The molecule has 7 nitrogen and oxygen atoms in total. The molecule has 3 fully saturated rings. The van der Waals surface area contributed by atoms with Gasteiger partial charge in [-0.1, -0.05) is 12.5 Å². The van der Waals surface area contributed by atoms with Crippen LogP contribution in [0.4, 0.5) is 0 Å². The third-order valence-electron chi connectivity index (χ3n) is 8.52. The summed E-state index contributed by atoms with van der Waals surface area (Å²) in [4.78, 5) is 36.0. The molecule has 0 unspecified atom stereocenters. The first-order valence-electron chi connectivity index (χ1n) is 12.3. The average Bonchev–Trinajstić information content (AvgIpc) is 3.50. The Kier molecular flexibility index (Phi) is 4.97. The largest absolute Gasteiger partial charge is 0.340 e. The molecule has 0 aromatic carbocycles. The summed E-state index contributed by atoms with van der Waals surface area (Å²) < 4.78 is 4.05. The minimum absolute atomic E-state index is 0.0232. The maximum atomic E-state index is 13.9. The molecule has 4 aliphatic rings. The number of pyridine rings is 1. The lowest BCUT2D eigenvalue weighted by Crippen LogP contribution is -2.53. The number of nitrogens with zero attached hydrogens (tertiary/aromatic N) is 5. The predicted octanol–water partition coefficient (Wildman–Crippen LogP) is 2.48. The summed E-state index contributed by atoms with van der Waals surface area (Å²) in [6.07, 6.45) is 8.69. The van der Waals surface area contributed by atoms with Gasteiger partial charge in [-0.05, 0) is 44.1 Å². The van der Waals surface area contributed by atoms with E-state index < -0.39 is 0 Å². The lowest BCUT2D eigenvalue weighted by atomic mass is 9.78. The topological polar surface area (TPSA) is 63.4 Å². The molecule has 6 rings (SSSR count). The van der Waals surface area contributed by atoms with Gasteiger partial charge in [-0.15, -0.1) is 0 Å². The number of imidazole rings is 1. The molecule has 2 bridgehead atoms. The van der Waals surface area contributed by atoms with E-state index in [2.05, 4.69) is 32.3 Å². The van der Waals surface area contributed by atoms with Crippen LogP contribution >= 0.6 is 0 Å². The van der Waals surface area contributed by atoms with Gasteiger partial charge in [-0.3, -0.25) is 19.1 Å². The summed E-state index contributed by atoms with van der Waals surface area (Å²) in [5.74, 6) is 3.03. The van der Waals surface area contributed by atoms with Gasteiger partial charge < -0.3 is 9.47 Å². The maximum absolute atomic E-state index is 13.9. The first-order valence-corrected chi connectivity index (χ1v) is 12.3. The fraction of sp³-hybridized carbons (Fsp3) is 0.640. The van der Waals surface area contributed by atoms with Gasteiger partial charge in [0.1, 0.15) is 11.9 Å². The number of hydrogen-bond acceptors (Lipinski definition) is 4. The highest BCUT2D eigenvalue weighted by molar-refractivity contribution is 5.81. The predicted molar refractivity (Wildman–Crippen MR) is 121 cm³/mol. The Balaban J connectivity index is 1.31. The van der Waals surface area contributed by atoms with Gasteiger partial charge in [-0.25, -0.2) is 4.98 Å². The van der Waals surface area contributed by atoms with Crippen LogP contribution in [-0.2, 0) is 17.9 Å². The molecule has 0 N–H and O–H groups in total. The Morgan fingerprint density at radius 2 is 1.91 bits per heavy atom. The van der Waals surface area contributed by atoms with E-state index in [1.54, 1.807) is 6.07 Å². The monoisotopic (exact) mass is 435 g/mol. The van der Waals surface area contributed by atoms with Gasteiger partial charge in [0.25, 0.3) is 5.56 Å². The van der Waals surface area contributed by atoms with Crippen molar-refractivity contribution < 1.29 is 4.79 Å². The van der Waals surface area contributed by atoms with Gasteiger partial charge >= 0.3 is 0 Å². The minimum Gasteiger partial charge on any atom is -0.340 e. The zero-order chi connectivity index (χ0) is 21.8. The van der Waals surface area contributed by atoms with Crippen molar-refractivity contribution in [3.05, 3.63) is 52.5 Å². The summed E-state index contributed by atoms with van der Waals surface area (Å²) in [6.45, 7) is 7.34. The van der Waals surface area contributed by atoms with E-state index in [1.807, 2.05) is 23.0 Å². The second kappa shape index (κ2) is 7.87. The molecule has 1 aliphatic carbocycles. The molecule has 170 valence electrons. The van der Waals surface area contributed by atoms with Crippen molar-refractivity contribution in [2.45, 2.75) is 57.7 Å². The molecule has 3 aliphatic heterocycles. The van der Waals surface area contributed by atoms with E-state index in [0.29, 0.717) is 11.8 Å². The molecule has 2 aromatic heterocycles. The molecule has 7 heteroatoms. The number of rotatable bonds is 4. The highest BCUT2D eigenvalue weighted by atomic mass is 16.2. The Labute approximate surface area is 189 Å². The molecule has 2 saturated heterocycles. The molecule has 1 saturated carbocycles. The number of piperidine rings is 1. The molecule has 0 radical (unpaired) electrons. The zero-order valence-corrected chi connectivity index (χ0v) is 18.9. The van der Waals surface area contributed by atoms with E-state index in [0.717, 1.165) is 57.2 Å². The van der Waals surface area contributed by atoms with E-state index in [1.165, 1.54) is 19.3 Å². The van der Waals surface area contributed by atoms with Crippen molar-refractivity contribution >= 4 is 5.91 Å². The Morgan fingerprint density at radius 3 is 2.69 bits per heavy atom. The van der Waals surface area contributed by atoms with Gasteiger partial charge in [0.2, 0.25) is 5.91 Å². The van der Waals surface area contributed by atoms with E-state index in [9.17, 15) is 9.59 Å². The first-order chi connectivity index (χ1) is 15.6. The lowest BCUT2D eigenvalue weighted by Gasteiger charge is -2.47. The third-order valence-corrected chi connectivity index (χ3v) is 8.52. The molecule has 0 spiro atoms. The zero-order valence-electron chi connectivity index (χ0n) is 18.9. The van der Waals surface area contributed by atoms with Crippen molar-refractivity contribution in [2.24, 2.45) is 17.8 Å². The Bertz CT molecular complexity index is 1060. The number of amides is 1. The number of fused-ring (bicyclic) bond motifs is 5. The standard InChI is InChI=1S/C25H33N5O2/c1-2-28-10-9-26-22(28)16-27-12-19-11-20(13-27)24(30-21(19)7-4-8-23(30)31)25(32)29-14-17-5-3-6-18(17)15-29/h4,7-10,17-20,24H,2-3,5-6,11-16H2,1H3/t17-,18+,19-,20+,24+/m0/s1. The highest BCUT2D eigenvalue weighted by Crippen LogP contribution is 2.44. The van der Waals surface area contributed by atoms with Crippen molar-refractivity contribution in [1.29, 1.82) is 0 Å². The number of carbonyl (C=O) groups is 1. The molecule has 5 atom stereocenters. The molecular formula is C25H33N5O2. The molecule has 32 heavy (non-hydrogen) atoms. The number of aryl methyl sites for hydroxylation is 1. The van der Waals surface area contributed by atoms with Crippen molar-refractivity contribution in [1.82, 2.24) is 23.9 Å². The SMILES string of the molecule is CCn1ccnc1CN1C[C@@H]2C[C@H](C1)[C@H](C(=O)N1C[C@H]3CCC[C@H]3C1)n1c2cccc1=O. The third kappa shape index (κ3) is 3.24. The molecule has 2 aromatic rings. The maximum Gasteiger partial charge on any atom is 0.251 e. The summed E-state index contributed by atoms with van der Waals surface area (Å²) in [6, 6.07) is 5.18. The van der Waals surface area contributed by atoms with Crippen LogP contribution in [-0.4, -0.2) is 56.0 Å². The van der Waals surface area contributed by atoms with Crippen LogP contribution in [0.2, 0.25) is 0 Å². The van der Waals surface area contributed by atoms with Crippen molar-refractivity contribution in [3.63, 3.8) is 0 Å². The smallest absolute Gasteiger partial charge is 0.251 e. The van der Waals surface area contributed by atoms with Crippen molar-refractivity contribution in [2.75, 3.05) is 26.2 Å². The van der Waals surface area contributed by atoms with Crippen molar-refractivity contribution in [3.8, 4) is 0 Å².